The Labute approximate surface area is 153 Å². The summed E-state index contributed by atoms with van der Waals surface area (Å²) < 4.78 is 0. The molecule has 4 aliphatic heterocycles. The molecule has 144 valence electrons. The van der Waals surface area contributed by atoms with E-state index >= 15 is 0 Å². The van der Waals surface area contributed by atoms with Crippen LogP contribution in [0.2, 0.25) is 0 Å². The Hall–Kier alpha value is -1.89. The van der Waals surface area contributed by atoms with Crippen LogP contribution in [0.1, 0.15) is 44.9 Å². The van der Waals surface area contributed by atoms with Crippen molar-refractivity contribution in [2.75, 3.05) is 19.6 Å². The molecule has 4 saturated heterocycles. The van der Waals surface area contributed by atoms with E-state index in [1.807, 2.05) is 0 Å². The van der Waals surface area contributed by atoms with Crippen LogP contribution in [0.3, 0.4) is 0 Å². The fraction of sp³-hybridized carbons (Fsp3) is 0.737. The van der Waals surface area contributed by atoms with Crippen LogP contribution in [0, 0.1) is 11.8 Å². The Morgan fingerprint density at radius 3 is 2.27 bits per heavy atom. The maximum absolute atomic E-state index is 12.2. The number of piperidine rings is 4. The number of amides is 1. The Morgan fingerprint density at radius 1 is 0.962 bits per heavy atom. The molecule has 4 rings (SSSR count). The average molecular weight is 364 g/mol. The topological polar surface area (TPSA) is 98.1 Å². The number of hydrogen-bond donors (Lipinski definition) is 2. The number of carboxylic acids is 2. The van der Waals surface area contributed by atoms with Crippen molar-refractivity contribution in [2.45, 2.75) is 57.0 Å². The molecule has 1 amide bonds. The van der Waals surface area contributed by atoms with Crippen LogP contribution in [0.5, 0.6) is 0 Å². The molecule has 4 atom stereocenters. The van der Waals surface area contributed by atoms with E-state index in [1.165, 1.54) is 45.2 Å². The zero-order valence-corrected chi connectivity index (χ0v) is 15.0. The zero-order valence-electron chi connectivity index (χ0n) is 15.0. The molecule has 0 spiro atoms. The van der Waals surface area contributed by atoms with Crippen LogP contribution in [0.4, 0.5) is 0 Å². The molecule has 26 heavy (non-hydrogen) atoms. The predicted molar refractivity (Wildman–Crippen MR) is 94.6 cm³/mol. The van der Waals surface area contributed by atoms with Crippen molar-refractivity contribution < 1.29 is 24.6 Å². The van der Waals surface area contributed by atoms with Crippen molar-refractivity contribution in [1.29, 1.82) is 0 Å². The summed E-state index contributed by atoms with van der Waals surface area (Å²) in [6.45, 7) is 3.71. The van der Waals surface area contributed by atoms with Gasteiger partial charge in [0.25, 0.3) is 0 Å². The Morgan fingerprint density at radius 2 is 1.62 bits per heavy atom. The monoisotopic (exact) mass is 364 g/mol. The van der Waals surface area contributed by atoms with Crippen molar-refractivity contribution in [1.82, 2.24) is 9.80 Å². The van der Waals surface area contributed by atoms with E-state index in [0.717, 1.165) is 37.3 Å². The lowest BCUT2D eigenvalue weighted by atomic mass is 9.68. The number of carbonyl (C=O) groups excluding carboxylic acids is 1. The van der Waals surface area contributed by atoms with Gasteiger partial charge >= 0.3 is 11.9 Å². The molecule has 0 unspecified atom stereocenters. The fourth-order valence-corrected chi connectivity index (χ4v) is 5.40. The molecule has 0 aromatic carbocycles. The van der Waals surface area contributed by atoms with Gasteiger partial charge < -0.3 is 15.1 Å². The number of carbonyl (C=O) groups is 3. The van der Waals surface area contributed by atoms with Gasteiger partial charge in [0, 0.05) is 37.2 Å². The first-order valence-corrected chi connectivity index (χ1v) is 9.65. The Kier molecular flexibility index (Phi) is 5.96. The van der Waals surface area contributed by atoms with Crippen molar-refractivity contribution in [3.05, 3.63) is 12.2 Å². The Bertz CT molecular complexity index is 572. The van der Waals surface area contributed by atoms with Crippen molar-refractivity contribution in [2.24, 2.45) is 11.8 Å². The highest BCUT2D eigenvalue weighted by Gasteiger charge is 2.50. The summed E-state index contributed by atoms with van der Waals surface area (Å²) in [7, 11) is 0. The van der Waals surface area contributed by atoms with Crippen LogP contribution in [0.15, 0.2) is 12.2 Å². The molecule has 0 aromatic rings. The molecule has 7 heteroatoms. The number of hydrogen-bond acceptors (Lipinski definition) is 4. The molecule has 0 bridgehead atoms. The lowest BCUT2D eigenvalue weighted by Crippen LogP contribution is -2.66. The van der Waals surface area contributed by atoms with Crippen molar-refractivity contribution in [3.8, 4) is 0 Å². The van der Waals surface area contributed by atoms with Gasteiger partial charge in [-0.1, -0.05) is 0 Å². The third kappa shape index (κ3) is 4.09. The number of nitrogens with zero attached hydrogens (tertiary/aromatic N) is 2. The molecule has 4 fully saturated rings. The molecule has 0 radical (unpaired) electrons. The third-order valence-electron chi connectivity index (χ3n) is 6.25. The molecule has 7 nitrogen and oxygen atoms in total. The van der Waals surface area contributed by atoms with Gasteiger partial charge in [-0.2, -0.15) is 0 Å². The van der Waals surface area contributed by atoms with E-state index in [0.29, 0.717) is 24.1 Å². The minimum Gasteiger partial charge on any atom is -0.478 e. The van der Waals surface area contributed by atoms with Crippen LogP contribution < -0.4 is 0 Å². The van der Waals surface area contributed by atoms with Gasteiger partial charge in [-0.25, -0.2) is 9.59 Å². The van der Waals surface area contributed by atoms with E-state index in [4.69, 9.17) is 10.2 Å². The normalized spacial score (nSPS) is 33.7. The van der Waals surface area contributed by atoms with E-state index in [2.05, 4.69) is 9.80 Å². The molecular formula is C19H28N2O5. The summed E-state index contributed by atoms with van der Waals surface area (Å²) in [5.74, 6) is -0.489. The highest BCUT2D eigenvalue weighted by Crippen LogP contribution is 2.44. The first kappa shape index (κ1) is 18.9. The number of fused-ring (bicyclic) bond motifs is 2. The number of rotatable bonds is 2. The second-order valence-electron chi connectivity index (χ2n) is 7.75. The van der Waals surface area contributed by atoms with Gasteiger partial charge in [0.15, 0.2) is 0 Å². The van der Waals surface area contributed by atoms with Crippen LogP contribution >= 0.6 is 0 Å². The van der Waals surface area contributed by atoms with Gasteiger partial charge in [-0.15, -0.1) is 0 Å². The summed E-state index contributed by atoms with van der Waals surface area (Å²) >= 11 is 0. The van der Waals surface area contributed by atoms with Crippen molar-refractivity contribution >= 4 is 17.8 Å². The highest BCUT2D eigenvalue weighted by molar-refractivity contribution is 5.89. The predicted octanol–water partition coefficient (Wildman–Crippen LogP) is 1.58. The van der Waals surface area contributed by atoms with E-state index < -0.39 is 11.9 Å². The zero-order chi connectivity index (χ0) is 18.7. The standard InChI is InChI=1S/C15H24N2O.C4H4O4/c18-14-7-1-6-13-12-5-3-9-16-8-2-4-11(15(12)16)10-17(13)14;5-3(6)1-2-4(7)8/h11-13,15H,1-10H2;1-2H,(H,5,6)(H,7,8)/b;2-1+/t11-,12-,13-,15+;/m1./s1. The minimum atomic E-state index is -1.26. The summed E-state index contributed by atoms with van der Waals surface area (Å²) in [6.07, 6.45) is 9.75. The van der Waals surface area contributed by atoms with Crippen LogP contribution in [-0.2, 0) is 14.4 Å². The molecule has 4 aliphatic rings. The van der Waals surface area contributed by atoms with Gasteiger partial charge in [0.05, 0.1) is 0 Å². The molecule has 4 heterocycles. The maximum Gasteiger partial charge on any atom is 0.328 e. The maximum atomic E-state index is 12.2. The van der Waals surface area contributed by atoms with E-state index in [-0.39, 0.29) is 0 Å². The SMILES string of the molecule is O=C(O)/C=C/C(=O)O.O=C1CCC[C@@H]2[C@H]3CCCN4CCC[C@H](CN12)[C@@H]34. The lowest BCUT2D eigenvalue weighted by molar-refractivity contribution is -0.150. The van der Waals surface area contributed by atoms with Gasteiger partial charge in [0.2, 0.25) is 5.91 Å². The second-order valence-corrected chi connectivity index (χ2v) is 7.75. The summed E-state index contributed by atoms with van der Waals surface area (Å²) in [5, 5.41) is 15.6. The van der Waals surface area contributed by atoms with E-state index in [9.17, 15) is 14.4 Å². The summed E-state index contributed by atoms with van der Waals surface area (Å²) in [6, 6.07) is 1.41. The Balaban J connectivity index is 0.000000211. The van der Waals surface area contributed by atoms with Gasteiger partial charge in [0.1, 0.15) is 0 Å². The second kappa shape index (κ2) is 8.20. The first-order chi connectivity index (χ1) is 12.5. The quantitative estimate of drug-likeness (QED) is 0.722. The number of carboxylic acid groups (broad SMARTS) is 2. The molecule has 0 aromatic heterocycles. The molecule has 0 aliphatic carbocycles. The molecule has 2 N–H and O–H groups in total. The van der Waals surface area contributed by atoms with Crippen LogP contribution in [-0.4, -0.2) is 69.6 Å². The highest BCUT2D eigenvalue weighted by atomic mass is 16.4. The number of aliphatic carboxylic acids is 2. The van der Waals surface area contributed by atoms with Crippen LogP contribution in [0.25, 0.3) is 0 Å². The molecular weight excluding hydrogens is 336 g/mol. The van der Waals surface area contributed by atoms with E-state index in [1.54, 1.807) is 0 Å². The smallest absolute Gasteiger partial charge is 0.328 e. The van der Waals surface area contributed by atoms with Crippen molar-refractivity contribution in [3.63, 3.8) is 0 Å². The lowest BCUT2D eigenvalue weighted by Gasteiger charge is -2.58. The summed E-state index contributed by atoms with van der Waals surface area (Å²) in [4.78, 5) is 36.3. The largest absolute Gasteiger partial charge is 0.478 e. The fourth-order valence-electron chi connectivity index (χ4n) is 5.40. The molecule has 0 saturated carbocycles. The summed E-state index contributed by atoms with van der Waals surface area (Å²) in [5.41, 5.74) is 0. The third-order valence-corrected chi connectivity index (χ3v) is 6.25. The van der Waals surface area contributed by atoms with Gasteiger partial charge in [-0.3, -0.25) is 9.69 Å². The minimum absolute atomic E-state index is 0.451. The first-order valence-electron chi connectivity index (χ1n) is 9.65. The van der Waals surface area contributed by atoms with Gasteiger partial charge in [-0.05, 0) is 63.5 Å². The average Bonchev–Trinajstić information content (AvgIpc) is 2.62.